The van der Waals surface area contributed by atoms with E-state index in [-0.39, 0.29) is 0 Å². The lowest BCUT2D eigenvalue weighted by atomic mass is 9.86. The molecule has 40 heavy (non-hydrogen) atoms. The van der Waals surface area contributed by atoms with Crippen LogP contribution < -0.4 is 0 Å². The van der Waals surface area contributed by atoms with Crippen LogP contribution in [0.4, 0.5) is 0 Å². The molecular weight excluding hydrogens is 580 g/mol. The van der Waals surface area contributed by atoms with Crippen molar-refractivity contribution in [2.45, 2.75) is 11.2 Å². The number of hydrogen-bond acceptors (Lipinski definition) is 2. The van der Waals surface area contributed by atoms with Gasteiger partial charge in [-0.1, -0.05) is 148 Å². The molecule has 0 aromatic heterocycles. The zero-order valence-corrected chi connectivity index (χ0v) is 23.7. The predicted octanol–water partition coefficient (Wildman–Crippen LogP) is 7.68. The Morgan fingerprint density at radius 2 is 0.900 bits per heavy atom. The van der Waals surface area contributed by atoms with Crippen LogP contribution in [0.1, 0.15) is 33.4 Å². The van der Waals surface area contributed by atoms with Gasteiger partial charge in [-0.15, -0.1) is 0 Å². The van der Waals surface area contributed by atoms with Crippen LogP contribution in [0, 0.1) is 23.7 Å². The van der Waals surface area contributed by atoms with Crippen LogP contribution in [0.25, 0.3) is 0 Å². The second kappa shape index (κ2) is 12.0. The van der Waals surface area contributed by atoms with Crippen molar-refractivity contribution in [1.29, 1.82) is 0 Å². The summed E-state index contributed by atoms with van der Waals surface area (Å²) in [6.45, 7) is 0. The van der Waals surface area contributed by atoms with Crippen LogP contribution in [-0.4, -0.2) is 10.2 Å². The van der Waals surface area contributed by atoms with Crippen molar-refractivity contribution in [3.63, 3.8) is 0 Å². The highest BCUT2D eigenvalue weighted by atomic mass is 79.9. The van der Waals surface area contributed by atoms with Crippen molar-refractivity contribution in [3.05, 3.63) is 176 Å². The first-order valence-electron chi connectivity index (χ1n) is 12.6. The Morgan fingerprint density at radius 1 is 0.500 bits per heavy atom. The first kappa shape index (κ1) is 27.5. The normalized spacial score (nSPS) is 13.5. The van der Waals surface area contributed by atoms with Gasteiger partial charge in [-0.25, -0.2) is 0 Å². The molecule has 5 aromatic rings. The maximum absolute atomic E-state index is 11.8. The van der Waals surface area contributed by atoms with Crippen molar-refractivity contribution >= 4 is 27.5 Å². The van der Waals surface area contributed by atoms with Gasteiger partial charge in [0.1, 0.15) is 0 Å². The van der Waals surface area contributed by atoms with Crippen LogP contribution in [0.2, 0.25) is 5.02 Å². The Balaban J connectivity index is 1.49. The summed E-state index contributed by atoms with van der Waals surface area (Å²) in [5.41, 5.74) is 0.810. The van der Waals surface area contributed by atoms with E-state index in [1.54, 1.807) is 12.1 Å². The Hall–Kier alpha value is -4.09. The van der Waals surface area contributed by atoms with Gasteiger partial charge in [0.05, 0.1) is 0 Å². The molecule has 0 aliphatic rings. The highest BCUT2D eigenvalue weighted by Gasteiger charge is 2.32. The lowest BCUT2D eigenvalue weighted by Gasteiger charge is -2.24. The summed E-state index contributed by atoms with van der Waals surface area (Å²) in [6, 6.07) is 40.7. The smallest absolute Gasteiger partial charge is 0.178 e. The van der Waals surface area contributed by atoms with Gasteiger partial charge in [-0.05, 0) is 36.4 Å². The highest BCUT2D eigenvalue weighted by molar-refractivity contribution is 9.10. The van der Waals surface area contributed by atoms with Crippen LogP contribution in [-0.2, 0) is 11.2 Å². The maximum Gasteiger partial charge on any atom is 0.178 e. The van der Waals surface area contributed by atoms with Gasteiger partial charge in [0.25, 0.3) is 0 Å². The minimum atomic E-state index is -1.59. The fourth-order valence-corrected chi connectivity index (χ4v) is 5.26. The van der Waals surface area contributed by atoms with Crippen molar-refractivity contribution in [2.24, 2.45) is 0 Å². The van der Waals surface area contributed by atoms with Gasteiger partial charge < -0.3 is 10.2 Å². The predicted molar refractivity (Wildman–Crippen MR) is 165 cm³/mol. The van der Waals surface area contributed by atoms with Crippen LogP contribution >= 0.6 is 27.5 Å². The molecule has 0 fully saturated rings. The zero-order valence-electron chi connectivity index (χ0n) is 21.4. The van der Waals surface area contributed by atoms with E-state index in [9.17, 15) is 10.2 Å². The summed E-state index contributed by atoms with van der Waals surface area (Å²) >= 11 is 10.0. The summed E-state index contributed by atoms with van der Waals surface area (Å²) in [5, 5.41) is 24.0. The molecule has 0 aliphatic heterocycles. The van der Waals surface area contributed by atoms with Gasteiger partial charge >= 0.3 is 0 Å². The quantitative estimate of drug-likeness (QED) is 0.207. The SMILES string of the molecule is OC(C#Cc1ccc(C#CC(O)(c2ccccc2)c2ccccc2Br)cc1)(c1ccccc1)c1ccccc1Cl. The van der Waals surface area contributed by atoms with Gasteiger partial charge in [0.2, 0.25) is 0 Å². The first-order chi connectivity index (χ1) is 19.4. The number of hydrogen-bond donors (Lipinski definition) is 2. The third-order valence-electron chi connectivity index (χ3n) is 6.57. The van der Waals surface area contributed by atoms with Crippen LogP contribution in [0.3, 0.4) is 0 Å². The summed E-state index contributed by atoms with van der Waals surface area (Å²) in [4.78, 5) is 0. The summed E-state index contributed by atoms with van der Waals surface area (Å²) in [7, 11) is 0. The van der Waals surface area contributed by atoms with E-state index in [0.717, 1.165) is 10.0 Å². The second-order valence-electron chi connectivity index (χ2n) is 9.19. The molecule has 0 radical (unpaired) electrons. The molecule has 2 atom stereocenters. The molecule has 0 aliphatic carbocycles. The minimum Gasteiger partial charge on any atom is -0.369 e. The average Bonchev–Trinajstić information content (AvgIpc) is 3.00. The third-order valence-corrected chi connectivity index (χ3v) is 7.59. The summed E-state index contributed by atoms with van der Waals surface area (Å²) in [6.07, 6.45) is 0. The maximum atomic E-state index is 11.8. The van der Waals surface area contributed by atoms with Gasteiger partial charge in [0, 0.05) is 42.9 Å². The van der Waals surface area contributed by atoms with E-state index in [4.69, 9.17) is 11.6 Å². The molecular formula is C36H24BrClO2. The zero-order chi connectivity index (χ0) is 28.0. The van der Waals surface area contributed by atoms with E-state index >= 15 is 0 Å². The van der Waals surface area contributed by atoms with E-state index in [1.807, 2.05) is 121 Å². The Morgan fingerprint density at radius 3 is 1.38 bits per heavy atom. The molecule has 0 bridgehead atoms. The van der Waals surface area contributed by atoms with Crippen molar-refractivity contribution < 1.29 is 10.2 Å². The third kappa shape index (κ3) is 5.75. The molecule has 194 valence electrons. The number of halogens is 2. The van der Waals surface area contributed by atoms with Gasteiger partial charge in [0.15, 0.2) is 11.2 Å². The molecule has 5 aromatic carbocycles. The molecule has 0 heterocycles. The number of benzene rings is 5. The van der Waals surface area contributed by atoms with Gasteiger partial charge in [-0.3, -0.25) is 0 Å². The first-order valence-corrected chi connectivity index (χ1v) is 13.8. The topological polar surface area (TPSA) is 40.5 Å². The minimum absolute atomic E-state index is 0.435. The fraction of sp³-hybridized carbons (Fsp3) is 0.0556. The van der Waals surface area contributed by atoms with Crippen molar-refractivity contribution in [3.8, 4) is 23.7 Å². The number of rotatable bonds is 4. The van der Waals surface area contributed by atoms with Gasteiger partial charge in [-0.2, -0.15) is 0 Å². The molecule has 0 spiro atoms. The summed E-state index contributed by atoms with van der Waals surface area (Å²) in [5.74, 6) is 12.4. The lowest BCUT2D eigenvalue weighted by molar-refractivity contribution is 0.144. The largest absolute Gasteiger partial charge is 0.369 e. The monoisotopic (exact) mass is 602 g/mol. The molecule has 2 nitrogen and oxygen atoms in total. The standard InChI is InChI=1S/C36H24BrClO2/c37-33-17-9-7-15-31(33)35(39,29-11-3-1-4-12-29)25-23-27-19-21-28(22-20-27)24-26-36(40,30-13-5-2-6-14-30)32-16-8-10-18-34(32)38/h1-22,39-40H. The van der Waals surface area contributed by atoms with E-state index < -0.39 is 11.2 Å². The van der Waals surface area contributed by atoms with Crippen molar-refractivity contribution in [1.82, 2.24) is 0 Å². The molecule has 2 unspecified atom stereocenters. The Kier molecular flexibility index (Phi) is 8.22. The Bertz CT molecular complexity index is 1610. The Labute approximate surface area is 248 Å². The highest BCUT2D eigenvalue weighted by Crippen LogP contribution is 2.35. The molecule has 0 saturated heterocycles. The molecule has 2 N–H and O–H groups in total. The second-order valence-corrected chi connectivity index (χ2v) is 10.5. The lowest BCUT2D eigenvalue weighted by Crippen LogP contribution is -2.25. The van der Waals surface area contributed by atoms with Crippen molar-refractivity contribution in [2.75, 3.05) is 0 Å². The van der Waals surface area contributed by atoms with Crippen LogP contribution in [0.15, 0.2) is 138 Å². The summed E-state index contributed by atoms with van der Waals surface area (Å²) < 4.78 is 0.769. The van der Waals surface area contributed by atoms with E-state index in [2.05, 4.69) is 39.6 Å². The average molecular weight is 604 g/mol. The molecule has 4 heteroatoms. The number of aliphatic hydroxyl groups is 2. The molecule has 0 saturated carbocycles. The van der Waals surface area contributed by atoms with Crippen LogP contribution in [0.5, 0.6) is 0 Å². The van der Waals surface area contributed by atoms with E-state index in [1.165, 1.54) is 0 Å². The fourth-order valence-electron chi connectivity index (χ4n) is 4.42. The molecule has 5 rings (SSSR count). The molecule has 0 amide bonds. The van der Waals surface area contributed by atoms with E-state index in [0.29, 0.717) is 32.8 Å².